The van der Waals surface area contributed by atoms with E-state index in [1.54, 1.807) is 0 Å². The lowest BCUT2D eigenvalue weighted by Gasteiger charge is -2.25. The second kappa shape index (κ2) is 8.46. The minimum Gasteiger partial charge on any atom is -0.478 e. The number of aromatic amines is 1. The summed E-state index contributed by atoms with van der Waals surface area (Å²) in [5.41, 5.74) is 8.42. The zero-order valence-electron chi connectivity index (χ0n) is 17.0. The molecule has 1 aliphatic heterocycles. The lowest BCUT2D eigenvalue weighted by molar-refractivity contribution is -0.133. The van der Waals surface area contributed by atoms with Crippen molar-refractivity contribution in [1.82, 2.24) is 31.1 Å². The van der Waals surface area contributed by atoms with Crippen LogP contribution >= 0.6 is 0 Å². The number of hydrogen-bond acceptors (Lipinski definition) is 6. The largest absolute Gasteiger partial charge is 0.478 e. The molecule has 3 N–H and O–H groups in total. The van der Waals surface area contributed by atoms with Crippen LogP contribution < -0.4 is 5.43 Å². The van der Waals surface area contributed by atoms with E-state index in [1.165, 1.54) is 0 Å². The van der Waals surface area contributed by atoms with Crippen LogP contribution in [0, 0.1) is 0 Å². The number of tetrazole rings is 1. The van der Waals surface area contributed by atoms with Crippen molar-refractivity contribution in [2.24, 2.45) is 0 Å². The van der Waals surface area contributed by atoms with Gasteiger partial charge in [0.1, 0.15) is 0 Å². The Kier molecular flexibility index (Phi) is 5.58. The van der Waals surface area contributed by atoms with Gasteiger partial charge in [-0.3, -0.25) is 0 Å². The molecule has 8 heteroatoms. The van der Waals surface area contributed by atoms with Crippen LogP contribution in [0.15, 0.2) is 59.8 Å². The molecule has 0 amide bonds. The fraction of sp³-hybridized carbons (Fsp3) is 0.273. The summed E-state index contributed by atoms with van der Waals surface area (Å²) >= 11 is 0. The maximum atomic E-state index is 11.8. The Bertz CT molecular complexity index is 1060. The lowest BCUT2D eigenvalue weighted by atomic mass is 9.95. The summed E-state index contributed by atoms with van der Waals surface area (Å²) in [5.74, 6) is -0.317. The molecule has 8 nitrogen and oxygen atoms in total. The van der Waals surface area contributed by atoms with Crippen molar-refractivity contribution in [3.8, 4) is 22.5 Å². The highest BCUT2D eigenvalue weighted by Crippen LogP contribution is 2.31. The van der Waals surface area contributed by atoms with Crippen molar-refractivity contribution in [2.45, 2.75) is 32.7 Å². The zero-order chi connectivity index (χ0) is 21.1. The number of carbonyl (C=O) groups is 1. The average molecular weight is 404 g/mol. The third kappa shape index (κ3) is 3.81. The molecule has 154 valence electrons. The van der Waals surface area contributed by atoms with Gasteiger partial charge in [-0.2, -0.15) is 5.21 Å². The molecule has 0 fully saturated rings. The second-order valence-corrected chi connectivity index (χ2v) is 7.35. The van der Waals surface area contributed by atoms with E-state index in [1.807, 2.05) is 36.2 Å². The molecular formula is C22H24N6O2. The van der Waals surface area contributed by atoms with E-state index >= 15 is 0 Å². The molecule has 0 saturated carbocycles. The summed E-state index contributed by atoms with van der Waals surface area (Å²) < 4.78 is 0. The summed E-state index contributed by atoms with van der Waals surface area (Å²) in [6, 6.07) is 15.9. The van der Waals surface area contributed by atoms with Crippen molar-refractivity contribution in [3.63, 3.8) is 0 Å². The first-order chi connectivity index (χ1) is 14.6. The van der Waals surface area contributed by atoms with E-state index in [0.29, 0.717) is 23.5 Å². The second-order valence-electron chi connectivity index (χ2n) is 7.35. The van der Waals surface area contributed by atoms with Gasteiger partial charge in [-0.15, -0.1) is 10.2 Å². The first-order valence-electron chi connectivity index (χ1n) is 9.98. The molecule has 1 aliphatic rings. The third-order valence-corrected chi connectivity index (χ3v) is 5.33. The number of benzene rings is 2. The summed E-state index contributed by atoms with van der Waals surface area (Å²) in [4.78, 5) is 11.8. The van der Waals surface area contributed by atoms with Crippen LogP contribution in [0.5, 0.6) is 0 Å². The molecule has 0 aliphatic carbocycles. The number of H-pyrrole nitrogens is 1. The van der Waals surface area contributed by atoms with Gasteiger partial charge in [0.2, 0.25) is 5.82 Å². The van der Waals surface area contributed by atoms with Crippen LogP contribution in [0.1, 0.15) is 25.8 Å². The van der Waals surface area contributed by atoms with Gasteiger partial charge in [0.05, 0.1) is 11.6 Å². The van der Waals surface area contributed by atoms with Crippen LogP contribution in [0.3, 0.4) is 0 Å². The number of carboxylic acids is 1. The van der Waals surface area contributed by atoms with Gasteiger partial charge in [0.15, 0.2) is 0 Å². The number of nitrogens with zero attached hydrogens (tertiary/aromatic N) is 4. The molecular weight excluding hydrogens is 380 g/mol. The molecule has 1 atom stereocenters. The van der Waals surface area contributed by atoms with Gasteiger partial charge in [0.25, 0.3) is 0 Å². The molecule has 1 unspecified atom stereocenters. The molecule has 0 spiro atoms. The van der Waals surface area contributed by atoms with Gasteiger partial charge in [-0.05, 0) is 41.7 Å². The van der Waals surface area contributed by atoms with E-state index in [4.69, 9.17) is 0 Å². The molecule has 0 radical (unpaired) electrons. The van der Waals surface area contributed by atoms with Gasteiger partial charge in [-0.1, -0.05) is 55.5 Å². The third-order valence-electron chi connectivity index (χ3n) is 5.33. The molecule has 0 bridgehead atoms. The van der Waals surface area contributed by atoms with E-state index in [9.17, 15) is 9.90 Å². The number of allylic oxidation sites excluding steroid dienone is 1. The van der Waals surface area contributed by atoms with Crippen LogP contribution in [-0.4, -0.2) is 49.3 Å². The minimum absolute atomic E-state index is 0.195. The quantitative estimate of drug-likeness (QED) is 0.556. The Morgan fingerprint density at radius 1 is 1.13 bits per heavy atom. The number of aliphatic carboxylic acids is 1. The summed E-state index contributed by atoms with van der Waals surface area (Å²) in [6.45, 7) is 4.70. The molecule has 3 aromatic rings. The topological polar surface area (TPSA) is 107 Å². The number of hydrogen-bond donors (Lipinski definition) is 3. The Labute approximate surface area is 174 Å². The highest BCUT2D eigenvalue weighted by Gasteiger charge is 2.34. The number of hydrazine groups is 1. The smallest absolute Gasteiger partial charge is 0.335 e. The Morgan fingerprint density at radius 2 is 1.87 bits per heavy atom. The molecule has 1 aromatic heterocycles. The van der Waals surface area contributed by atoms with Crippen molar-refractivity contribution in [3.05, 3.63) is 65.4 Å². The molecule has 4 rings (SSSR count). The van der Waals surface area contributed by atoms with Gasteiger partial charge < -0.3 is 10.5 Å². The minimum atomic E-state index is -0.866. The number of rotatable bonds is 7. The van der Waals surface area contributed by atoms with Crippen LogP contribution in [0.4, 0.5) is 0 Å². The van der Waals surface area contributed by atoms with Crippen molar-refractivity contribution in [2.75, 3.05) is 6.54 Å². The van der Waals surface area contributed by atoms with E-state index in [0.717, 1.165) is 35.2 Å². The van der Waals surface area contributed by atoms with Crippen LogP contribution in [-0.2, 0) is 11.2 Å². The van der Waals surface area contributed by atoms with Gasteiger partial charge in [-0.25, -0.2) is 9.80 Å². The normalized spacial score (nSPS) is 16.7. The Balaban J connectivity index is 1.60. The fourth-order valence-corrected chi connectivity index (χ4v) is 3.98. The van der Waals surface area contributed by atoms with Crippen molar-refractivity contribution >= 4 is 5.97 Å². The summed E-state index contributed by atoms with van der Waals surface area (Å²) in [7, 11) is 0. The maximum absolute atomic E-state index is 11.8. The maximum Gasteiger partial charge on any atom is 0.335 e. The van der Waals surface area contributed by atoms with E-state index in [2.05, 4.69) is 57.2 Å². The summed E-state index contributed by atoms with van der Waals surface area (Å²) in [6.07, 6.45) is 1.56. The fourth-order valence-electron chi connectivity index (χ4n) is 3.98. The van der Waals surface area contributed by atoms with Crippen LogP contribution in [0.25, 0.3) is 22.5 Å². The predicted octanol–water partition coefficient (Wildman–Crippen LogP) is 3.03. The SMILES string of the molecule is CCCN1NC(C)=C(C(=O)O)C1Cc1ccc(-c2ccccc2-c2nn[nH]n2)cc1. The zero-order valence-corrected chi connectivity index (χ0v) is 17.0. The first kappa shape index (κ1) is 19.8. The average Bonchev–Trinajstić information content (AvgIpc) is 3.37. The van der Waals surface area contributed by atoms with Gasteiger partial charge in [0, 0.05) is 17.8 Å². The van der Waals surface area contributed by atoms with E-state index in [-0.39, 0.29) is 6.04 Å². The van der Waals surface area contributed by atoms with E-state index < -0.39 is 5.97 Å². The lowest BCUT2D eigenvalue weighted by Crippen LogP contribution is -2.41. The van der Waals surface area contributed by atoms with Crippen molar-refractivity contribution < 1.29 is 9.90 Å². The Morgan fingerprint density at radius 3 is 2.50 bits per heavy atom. The molecule has 30 heavy (non-hydrogen) atoms. The standard InChI is InChI=1S/C22H24N6O2/c1-3-12-28-19(20(22(29)30)14(2)25-28)13-15-8-10-16(11-9-15)17-6-4-5-7-18(17)21-23-26-27-24-21/h4-11,19,25H,3,12-13H2,1-2H3,(H,29,30)(H,23,24,26,27). The number of nitrogens with one attached hydrogen (secondary N) is 2. The number of aromatic nitrogens is 4. The molecule has 0 saturated heterocycles. The highest BCUT2D eigenvalue weighted by molar-refractivity contribution is 5.89. The van der Waals surface area contributed by atoms with Gasteiger partial charge >= 0.3 is 5.97 Å². The number of carboxylic acid groups (broad SMARTS) is 1. The summed E-state index contributed by atoms with van der Waals surface area (Å²) in [5, 5.41) is 26.1. The molecule has 2 heterocycles. The first-order valence-corrected chi connectivity index (χ1v) is 9.98. The monoisotopic (exact) mass is 404 g/mol. The highest BCUT2D eigenvalue weighted by atomic mass is 16.4. The van der Waals surface area contributed by atoms with Crippen molar-refractivity contribution in [1.29, 1.82) is 0 Å². The predicted molar refractivity (Wildman–Crippen MR) is 113 cm³/mol. The van der Waals surface area contributed by atoms with Crippen LogP contribution in [0.2, 0.25) is 0 Å². The Hall–Kier alpha value is -3.52. The molecule has 2 aromatic carbocycles.